The first-order valence-corrected chi connectivity index (χ1v) is 14.4. The molecular formula is C29H31F2N7O2S. The van der Waals surface area contributed by atoms with E-state index in [0.717, 1.165) is 45.3 Å². The van der Waals surface area contributed by atoms with Crippen LogP contribution in [-0.2, 0) is 0 Å². The number of likely N-dealkylation sites (tertiary alicyclic amines) is 1. The maximum absolute atomic E-state index is 16.5. The Morgan fingerprint density at radius 2 is 2.00 bits per heavy atom. The fraction of sp³-hybridized carbons (Fsp3) is 0.448. The number of piperazine rings is 1. The highest BCUT2D eigenvalue weighted by molar-refractivity contribution is 7.71. The normalized spacial score (nSPS) is 24.5. The Bertz CT molecular complexity index is 1710. The lowest BCUT2D eigenvalue weighted by atomic mass is 9.99. The quantitative estimate of drug-likeness (QED) is 0.293. The molecule has 0 spiro atoms. The molecule has 4 aromatic rings. The third-order valence-corrected chi connectivity index (χ3v) is 9.16. The molecule has 3 saturated heterocycles. The second-order valence-corrected chi connectivity index (χ2v) is 11.9. The molecule has 3 aliphatic heterocycles. The molecule has 6 heterocycles. The zero-order valence-corrected chi connectivity index (χ0v) is 23.5. The minimum Gasteiger partial charge on any atom is -0.461 e. The number of ether oxygens (including phenoxy) is 1. The van der Waals surface area contributed by atoms with Gasteiger partial charge in [-0.25, -0.2) is 8.78 Å². The Labute approximate surface area is 240 Å². The van der Waals surface area contributed by atoms with Crippen LogP contribution >= 0.6 is 12.2 Å². The number of aromatic nitrogens is 4. The largest absolute Gasteiger partial charge is 0.461 e. The molecule has 0 aliphatic carbocycles. The number of aliphatic hydroxyl groups excluding tert-OH is 1. The monoisotopic (exact) mass is 579 g/mol. The molecule has 41 heavy (non-hydrogen) atoms. The lowest BCUT2D eigenvalue weighted by molar-refractivity contribution is 0.0363. The maximum atomic E-state index is 16.5. The predicted octanol–water partition coefficient (Wildman–Crippen LogP) is 3.96. The molecule has 3 N–H and O–H groups in total. The average Bonchev–Trinajstić information content (AvgIpc) is 3.51. The molecule has 1 aromatic carbocycles. The first kappa shape index (κ1) is 26.6. The second-order valence-electron chi connectivity index (χ2n) is 11.5. The van der Waals surface area contributed by atoms with Crippen molar-refractivity contribution in [1.29, 1.82) is 0 Å². The van der Waals surface area contributed by atoms with E-state index in [1.165, 1.54) is 6.07 Å². The number of pyridine rings is 2. The summed E-state index contributed by atoms with van der Waals surface area (Å²) in [6, 6.07) is 6.95. The number of likely N-dealkylation sites (N-methyl/N-ethyl adjacent to an activating group) is 1. The SMILES string of the molecule is CN1CCC[C@@]1(CO)COc1nc(N2CC3CCC(C2)N3)c2cnc(-c3[nH]c(=S)cc4cccc(F)c34)c(F)c2n1. The summed E-state index contributed by atoms with van der Waals surface area (Å²) >= 11 is 5.37. The van der Waals surface area contributed by atoms with Gasteiger partial charge in [0.1, 0.15) is 34.1 Å². The van der Waals surface area contributed by atoms with Crippen molar-refractivity contribution in [3.05, 3.63) is 46.7 Å². The van der Waals surface area contributed by atoms with E-state index < -0.39 is 17.2 Å². The second kappa shape index (κ2) is 10.2. The number of anilines is 1. The van der Waals surface area contributed by atoms with Gasteiger partial charge in [0.25, 0.3) is 0 Å². The first-order chi connectivity index (χ1) is 19.8. The van der Waals surface area contributed by atoms with E-state index in [-0.39, 0.29) is 41.5 Å². The van der Waals surface area contributed by atoms with Crippen LogP contribution in [0.4, 0.5) is 14.6 Å². The number of nitrogens with zero attached hydrogens (tertiary/aromatic N) is 5. The van der Waals surface area contributed by atoms with E-state index in [2.05, 4.69) is 30.1 Å². The molecule has 214 valence electrons. The summed E-state index contributed by atoms with van der Waals surface area (Å²) in [4.78, 5) is 20.9. The summed E-state index contributed by atoms with van der Waals surface area (Å²) in [5.41, 5.74) is -0.451. The van der Waals surface area contributed by atoms with Crippen LogP contribution < -0.4 is 15.0 Å². The highest BCUT2D eigenvalue weighted by Crippen LogP contribution is 2.36. The van der Waals surface area contributed by atoms with Crippen molar-refractivity contribution in [3.63, 3.8) is 0 Å². The van der Waals surface area contributed by atoms with Gasteiger partial charge in [-0.1, -0.05) is 24.4 Å². The average molecular weight is 580 g/mol. The fourth-order valence-corrected chi connectivity index (χ4v) is 6.87. The first-order valence-electron chi connectivity index (χ1n) is 14.0. The molecule has 3 atom stereocenters. The lowest BCUT2D eigenvalue weighted by Crippen LogP contribution is -2.51. The highest BCUT2D eigenvalue weighted by atomic mass is 32.1. The van der Waals surface area contributed by atoms with Gasteiger partial charge in [0.2, 0.25) is 0 Å². The number of rotatable bonds is 6. The predicted molar refractivity (Wildman–Crippen MR) is 155 cm³/mol. The van der Waals surface area contributed by atoms with Crippen molar-refractivity contribution in [1.82, 2.24) is 30.2 Å². The van der Waals surface area contributed by atoms with Crippen LogP contribution in [0.3, 0.4) is 0 Å². The summed E-state index contributed by atoms with van der Waals surface area (Å²) < 4.78 is 38.0. The number of hydrogen-bond donors (Lipinski definition) is 3. The van der Waals surface area contributed by atoms with Crippen molar-refractivity contribution in [3.8, 4) is 17.4 Å². The van der Waals surface area contributed by atoms with Gasteiger partial charge in [-0.3, -0.25) is 9.88 Å². The summed E-state index contributed by atoms with van der Waals surface area (Å²) in [5, 5.41) is 15.0. The molecule has 3 aliphatic rings. The van der Waals surface area contributed by atoms with Gasteiger partial charge >= 0.3 is 6.01 Å². The zero-order valence-electron chi connectivity index (χ0n) is 22.7. The van der Waals surface area contributed by atoms with Gasteiger partial charge < -0.3 is 25.0 Å². The third-order valence-electron chi connectivity index (χ3n) is 8.94. The van der Waals surface area contributed by atoms with E-state index in [0.29, 0.717) is 33.3 Å². The van der Waals surface area contributed by atoms with Crippen LogP contribution in [0.5, 0.6) is 6.01 Å². The molecule has 0 amide bonds. The zero-order chi connectivity index (χ0) is 28.3. The number of fused-ring (bicyclic) bond motifs is 4. The van der Waals surface area contributed by atoms with Crippen LogP contribution in [0.1, 0.15) is 25.7 Å². The Kier molecular flexibility index (Phi) is 6.61. The standard InChI is InChI=1S/C29H31F2N7O2S/c1-37-9-3-8-29(37,14-39)15-40-28-35-24-19(27(36-28)38-12-17-6-7-18(13-38)33-17)11-32-26(23(24)31)25-22-16(10-21(41)34-25)4-2-5-20(22)30/h2,4-5,10-11,17-18,33,39H,3,6-9,12-15H2,1H3,(H,34,41)/t17?,18?,29-/m1/s1. The Balaban J connectivity index is 1.38. The topological polar surface area (TPSA) is 102 Å². The molecular weight excluding hydrogens is 548 g/mol. The molecule has 0 saturated carbocycles. The third kappa shape index (κ3) is 4.53. The van der Waals surface area contributed by atoms with Crippen molar-refractivity contribution in [2.24, 2.45) is 0 Å². The van der Waals surface area contributed by atoms with Crippen molar-refractivity contribution < 1.29 is 18.6 Å². The number of aliphatic hydroxyl groups is 1. The number of aromatic amines is 1. The maximum Gasteiger partial charge on any atom is 0.319 e. The number of nitrogens with one attached hydrogen (secondary N) is 2. The van der Waals surface area contributed by atoms with E-state index >= 15 is 8.78 Å². The van der Waals surface area contributed by atoms with Gasteiger partial charge in [-0.15, -0.1) is 0 Å². The van der Waals surface area contributed by atoms with Crippen molar-refractivity contribution in [2.75, 3.05) is 44.8 Å². The number of H-pyrrole nitrogens is 1. The van der Waals surface area contributed by atoms with E-state index in [1.54, 1.807) is 24.4 Å². The smallest absolute Gasteiger partial charge is 0.319 e. The van der Waals surface area contributed by atoms with Gasteiger partial charge in [0.05, 0.1) is 23.2 Å². The van der Waals surface area contributed by atoms with E-state index in [9.17, 15) is 5.11 Å². The molecule has 2 bridgehead atoms. The number of benzene rings is 1. The van der Waals surface area contributed by atoms with Gasteiger partial charge in [-0.05, 0) is 56.8 Å². The van der Waals surface area contributed by atoms with E-state index in [4.69, 9.17) is 21.9 Å². The summed E-state index contributed by atoms with van der Waals surface area (Å²) in [6.45, 7) is 2.38. The van der Waals surface area contributed by atoms with Crippen LogP contribution in [-0.4, -0.2) is 87.5 Å². The Morgan fingerprint density at radius 1 is 1.20 bits per heavy atom. The summed E-state index contributed by atoms with van der Waals surface area (Å²) in [5.74, 6) is -0.676. The summed E-state index contributed by atoms with van der Waals surface area (Å²) in [7, 11) is 1.96. The van der Waals surface area contributed by atoms with Crippen molar-refractivity contribution >= 4 is 39.7 Å². The van der Waals surface area contributed by atoms with Crippen molar-refractivity contribution in [2.45, 2.75) is 43.3 Å². The van der Waals surface area contributed by atoms with Gasteiger partial charge in [-0.2, -0.15) is 9.97 Å². The van der Waals surface area contributed by atoms with Crippen LogP contribution in [0.15, 0.2) is 30.5 Å². The molecule has 12 heteroatoms. The molecule has 3 fully saturated rings. The van der Waals surface area contributed by atoms with Crippen LogP contribution in [0, 0.1) is 16.3 Å². The van der Waals surface area contributed by atoms with E-state index in [1.807, 2.05) is 7.05 Å². The van der Waals surface area contributed by atoms with Crippen LogP contribution in [0.2, 0.25) is 0 Å². The molecule has 9 nitrogen and oxygen atoms in total. The van der Waals surface area contributed by atoms with Gasteiger partial charge in [0.15, 0.2) is 5.82 Å². The highest BCUT2D eigenvalue weighted by Gasteiger charge is 2.40. The Morgan fingerprint density at radius 3 is 2.73 bits per heavy atom. The molecule has 0 radical (unpaired) electrons. The fourth-order valence-electron chi connectivity index (χ4n) is 6.64. The number of halogens is 2. The molecule has 2 unspecified atom stereocenters. The minimum atomic E-state index is -0.717. The summed E-state index contributed by atoms with van der Waals surface area (Å²) in [6.07, 6.45) is 5.41. The number of hydrogen-bond acceptors (Lipinski definition) is 9. The molecule has 3 aromatic heterocycles. The lowest BCUT2D eigenvalue weighted by Gasteiger charge is -2.35. The van der Waals surface area contributed by atoms with Gasteiger partial charge in [0, 0.05) is 36.8 Å². The molecule has 7 rings (SSSR count). The Hall–Kier alpha value is -3.32. The van der Waals surface area contributed by atoms with Crippen LogP contribution in [0.25, 0.3) is 33.1 Å². The minimum absolute atomic E-state index is 0.0274.